The van der Waals surface area contributed by atoms with E-state index in [1.165, 1.54) is 24.0 Å². The molecule has 0 radical (unpaired) electrons. The maximum atomic E-state index is 10.9. The van der Waals surface area contributed by atoms with Gasteiger partial charge in [0.1, 0.15) is 11.6 Å². The lowest BCUT2D eigenvalue weighted by Crippen LogP contribution is -2.04. The average molecular weight is 253 g/mol. The summed E-state index contributed by atoms with van der Waals surface area (Å²) in [4.78, 5) is 14.2. The van der Waals surface area contributed by atoms with Gasteiger partial charge in [-0.05, 0) is 12.0 Å². The third kappa shape index (κ3) is 3.41. The van der Waals surface area contributed by atoms with E-state index in [2.05, 4.69) is 4.98 Å². The quantitative estimate of drug-likeness (QED) is 0.485. The molecule has 0 bridgehead atoms. The molecule has 1 atom stereocenters. The molecule has 17 heavy (non-hydrogen) atoms. The zero-order valence-electron chi connectivity index (χ0n) is 9.16. The molecule has 1 heterocycles. The Morgan fingerprint density at radius 2 is 2.47 bits per heavy atom. The van der Waals surface area contributed by atoms with Crippen molar-refractivity contribution in [2.75, 3.05) is 12.4 Å². The fraction of sp³-hybridized carbons (Fsp3) is 0.400. The van der Waals surface area contributed by atoms with Crippen LogP contribution in [0.15, 0.2) is 17.3 Å². The van der Waals surface area contributed by atoms with Gasteiger partial charge >= 0.3 is 5.69 Å². The number of aliphatic hydroxyl groups is 1. The van der Waals surface area contributed by atoms with E-state index in [4.69, 9.17) is 10.4 Å². The van der Waals surface area contributed by atoms with Crippen molar-refractivity contribution in [1.82, 2.24) is 4.98 Å². The van der Waals surface area contributed by atoms with Crippen LogP contribution in [0.2, 0.25) is 0 Å². The van der Waals surface area contributed by atoms with E-state index in [9.17, 15) is 10.1 Å². The molecule has 0 spiro atoms. The van der Waals surface area contributed by atoms with Gasteiger partial charge in [-0.3, -0.25) is 10.1 Å². The molecule has 0 aromatic carbocycles. The number of thioether (sulfide) groups is 1. The predicted molar refractivity (Wildman–Crippen MR) is 62.6 cm³/mol. The van der Waals surface area contributed by atoms with Gasteiger partial charge in [0, 0.05) is 18.6 Å². The van der Waals surface area contributed by atoms with Crippen LogP contribution in [0.4, 0.5) is 5.69 Å². The molecule has 0 amide bonds. The summed E-state index contributed by atoms with van der Waals surface area (Å²) < 4.78 is 0. The monoisotopic (exact) mass is 253 g/mol. The second-order valence-corrected chi connectivity index (χ2v) is 4.49. The summed E-state index contributed by atoms with van der Waals surface area (Å²) in [5.41, 5.74) is -0.255. The Kier molecular flexibility index (Phi) is 4.87. The Labute approximate surface area is 102 Å². The number of nitrogens with zero attached hydrogens (tertiary/aromatic N) is 3. The Hall–Kier alpha value is -1.65. The highest BCUT2D eigenvalue weighted by Crippen LogP contribution is 2.30. The third-order valence-corrected chi connectivity index (χ3v) is 3.32. The predicted octanol–water partition coefficient (Wildman–Crippen LogP) is 1.58. The lowest BCUT2D eigenvalue weighted by Gasteiger charge is -2.06. The summed E-state index contributed by atoms with van der Waals surface area (Å²) in [5, 5.41) is 28.7. The van der Waals surface area contributed by atoms with Gasteiger partial charge in [-0.1, -0.05) is 18.7 Å². The summed E-state index contributed by atoms with van der Waals surface area (Å²) in [6.45, 7) is 1.84. The van der Waals surface area contributed by atoms with Crippen molar-refractivity contribution in [3.8, 4) is 6.07 Å². The number of hydrogen-bond donors (Lipinski definition) is 1. The molecule has 0 aliphatic rings. The van der Waals surface area contributed by atoms with E-state index in [-0.39, 0.29) is 28.8 Å². The smallest absolute Gasteiger partial charge is 0.318 e. The van der Waals surface area contributed by atoms with Crippen LogP contribution in [0.5, 0.6) is 0 Å². The molecule has 1 rings (SSSR count). The van der Waals surface area contributed by atoms with Crippen molar-refractivity contribution in [3.05, 3.63) is 27.9 Å². The first-order valence-corrected chi connectivity index (χ1v) is 5.85. The van der Waals surface area contributed by atoms with Crippen LogP contribution in [0.25, 0.3) is 0 Å². The van der Waals surface area contributed by atoms with Gasteiger partial charge in [0.2, 0.25) is 0 Å². The van der Waals surface area contributed by atoms with Crippen molar-refractivity contribution >= 4 is 17.4 Å². The Balaban J connectivity index is 2.99. The first-order valence-electron chi connectivity index (χ1n) is 4.87. The second kappa shape index (κ2) is 6.18. The highest BCUT2D eigenvalue weighted by Gasteiger charge is 2.21. The minimum absolute atomic E-state index is 0.00384. The Morgan fingerprint density at radius 1 is 1.76 bits per heavy atom. The van der Waals surface area contributed by atoms with Crippen molar-refractivity contribution in [3.63, 3.8) is 0 Å². The number of hydrogen-bond acceptors (Lipinski definition) is 6. The van der Waals surface area contributed by atoms with Crippen molar-refractivity contribution in [2.45, 2.75) is 11.9 Å². The molecule has 0 saturated heterocycles. The van der Waals surface area contributed by atoms with Crippen LogP contribution in [0.1, 0.15) is 12.5 Å². The summed E-state index contributed by atoms with van der Waals surface area (Å²) in [7, 11) is 0. The lowest BCUT2D eigenvalue weighted by molar-refractivity contribution is -0.388. The van der Waals surface area contributed by atoms with Crippen LogP contribution >= 0.6 is 11.8 Å². The van der Waals surface area contributed by atoms with Crippen LogP contribution in [-0.2, 0) is 0 Å². The highest BCUT2D eigenvalue weighted by atomic mass is 32.2. The van der Waals surface area contributed by atoms with Crippen LogP contribution < -0.4 is 0 Å². The molecule has 6 nitrogen and oxygen atoms in total. The van der Waals surface area contributed by atoms with E-state index in [1.807, 2.05) is 6.92 Å². The highest BCUT2D eigenvalue weighted by molar-refractivity contribution is 7.99. The fourth-order valence-electron chi connectivity index (χ4n) is 1.08. The SMILES string of the molecule is CC(CO)CSc1nccc(C#N)c1[N+](=O)[O-]. The minimum Gasteiger partial charge on any atom is -0.396 e. The van der Waals surface area contributed by atoms with E-state index in [0.717, 1.165) is 0 Å². The number of aliphatic hydroxyl groups excluding tert-OH is 1. The molecule has 0 saturated carbocycles. The second-order valence-electron chi connectivity index (χ2n) is 3.48. The van der Waals surface area contributed by atoms with Gasteiger partial charge in [-0.15, -0.1) is 0 Å². The van der Waals surface area contributed by atoms with Gasteiger partial charge in [0.15, 0.2) is 5.03 Å². The standard InChI is InChI=1S/C10H11N3O3S/c1-7(5-14)6-17-10-9(13(15)16)8(4-11)2-3-12-10/h2-3,7,14H,5-6H2,1H3. The van der Waals surface area contributed by atoms with E-state index in [0.29, 0.717) is 5.75 Å². The molecule has 1 N–H and O–H groups in total. The van der Waals surface area contributed by atoms with Crippen molar-refractivity contribution in [2.24, 2.45) is 5.92 Å². The maximum Gasteiger partial charge on any atom is 0.318 e. The van der Waals surface area contributed by atoms with Gasteiger partial charge in [0.25, 0.3) is 0 Å². The molecule has 1 aromatic rings. The van der Waals surface area contributed by atoms with Gasteiger partial charge < -0.3 is 5.11 Å². The molecular weight excluding hydrogens is 242 g/mol. The molecule has 1 aromatic heterocycles. The zero-order valence-corrected chi connectivity index (χ0v) is 9.98. The van der Waals surface area contributed by atoms with E-state index < -0.39 is 4.92 Å². The number of nitriles is 1. The Morgan fingerprint density at radius 3 is 3.00 bits per heavy atom. The van der Waals surface area contributed by atoms with Crippen LogP contribution in [0, 0.1) is 27.4 Å². The van der Waals surface area contributed by atoms with Crippen molar-refractivity contribution in [1.29, 1.82) is 5.26 Å². The topological polar surface area (TPSA) is 100 Å². The molecule has 1 unspecified atom stereocenters. The summed E-state index contributed by atoms with van der Waals surface area (Å²) >= 11 is 1.17. The largest absolute Gasteiger partial charge is 0.396 e. The maximum absolute atomic E-state index is 10.9. The summed E-state index contributed by atoms with van der Waals surface area (Å²) in [6.07, 6.45) is 1.37. The van der Waals surface area contributed by atoms with Crippen LogP contribution in [-0.4, -0.2) is 27.4 Å². The molecule has 90 valence electrons. The first kappa shape index (κ1) is 13.4. The van der Waals surface area contributed by atoms with Crippen molar-refractivity contribution < 1.29 is 10.0 Å². The normalized spacial score (nSPS) is 11.8. The number of rotatable bonds is 5. The first-order chi connectivity index (χ1) is 8.10. The number of nitro groups is 1. The fourth-order valence-corrected chi connectivity index (χ4v) is 2.09. The molecular formula is C10H11N3O3S. The van der Waals surface area contributed by atoms with Gasteiger partial charge in [-0.25, -0.2) is 4.98 Å². The van der Waals surface area contributed by atoms with Gasteiger partial charge in [-0.2, -0.15) is 5.26 Å². The average Bonchev–Trinajstić information content (AvgIpc) is 2.34. The van der Waals surface area contributed by atoms with E-state index >= 15 is 0 Å². The van der Waals surface area contributed by atoms with Crippen LogP contribution in [0.3, 0.4) is 0 Å². The molecule has 7 heteroatoms. The number of aromatic nitrogens is 1. The van der Waals surface area contributed by atoms with Gasteiger partial charge in [0.05, 0.1) is 4.92 Å². The Bertz CT molecular complexity index is 459. The molecule has 0 aliphatic carbocycles. The summed E-state index contributed by atoms with van der Waals surface area (Å²) in [6, 6.07) is 3.09. The molecule has 0 fully saturated rings. The number of pyridine rings is 1. The third-order valence-electron chi connectivity index (χ3n) is 2.01. The minimum atomic E-state index is -0.600. The lowest BCUT2D eigenvalue weighted by atomic mass is 10.2. The van der Waals surface area contributed by atoms with E-state index in [1.54, 1.807) is 6.07 Å². The zero-order chi connectivity index (χ0) is 12.8. The molecule has 0 aliphatic heterocycles. The summed E-state index contributed by atoms with van der Waals surface area (Å²) in [5.74, 6) is 0.534.